The van der Waals surface area contributed by atoms with Crippen LogP contribution in [0.1, 0.15) is 46.4 Å². The van der Waals surface area contributed by atoms with Crippen LogP contribution < -0.4 is 0 Å². The van der Waals surface area contributed by atoms with Crippen LogP contribution in [-0.2, 0) is 4.74 Å². The standard InChI is InChI=1S/C16H21NO4/c1-17(13-6-8-14(21-2)9-7-13)15(18)11-4-3-5-12(10-11)16(19)20/h3-5,10,13-14H,6-9H2,1-2H3,(H,19,20). The van der Waals surface area contributed by atoms with Gasteiger partial charge in [-0.1, -0.05) is 6.07 Å². The van der Waals surface area contributed by atoms with Crippen LogP contribution in [0.3, 0.4) is 0 Å². The molecule has 0 bridgehead atoms. The van der Waals surface area contributed by atoms with Gasteiger partial charge in [0.1, 0.15) is 0 Å². The van der Waals surface area contributed by atoms with Crippen molar-refractivity contribution in [3.8, 4) is 0 Å². The molecule has 1 aliphatic rings. The molecule has 0 aliphatic heterocycles. The van der Waals surface area contributed by atoms with Crippen molar-refractivity contribution in [1.29, 1.82) is 0 Å². The predicted molar refractivity (Wildman–Crippen MR) is 78.5 cm³/mol. The monoisotopic (exact) mass is 291 g/mol. The molecule has 0 radical (unpaired) electrons. The van der Waals surface area contributed by atoms with Crippen LogP contribution >= 0.6 is 0 Å². The number of ether oxygens (including phenoxy) is 1. The number of hydrogen-bond acceptors (Lipinski definition) is 3. The van der Waals surface area contributed by atoms with E-state index in [1.807, 2.05) is 0 Å². The number of carboxylic acids is 1. The molecule has 1 aromatic rings. The highest BCUT2D eigenvalue weighted by molar-refractivity contribution is 5.97. The van der Waals surface area contributed by atoms with Gasteiger partial charge in [-0.05, 0) is 43.9 Å². The summed E-state index contributed by atoms with van der Waals surface area (Å²) in [4.78, 5) is 25.2. The zero-order chi connectivity index (χ0) is 15.4. The average molecular weight is 291 g/mol. The van der Waals surface area contributed by atoms with Crippen molar-refractivity contribution < 1.29 is 19.4 Å². The number of hydrogen-bond donors (Lipinski definition) is 1. The highest BCUT2D eigenvalue weighted by Gasteiger charge is 2.27. The van der Waals surface area contributed by atoms with E-state index in [0.29, 0.717) is 11.7 Å². The van der Waals surface area contributed by atoms with E-state index in [1.54, 1.807) is 31.2 Å². The quantitative estimate of drug-likeness (QED) is 0.925. The Hall–Kier alpha value is -1.88. The van der Waals surface area contributed by atoms with Crippen LogP contribution in [0, 0.1) is 0 Å². The zero-order valence-corrected chi connectivity index (χ0v) is 12.4. The number of amides is 1. The predicted octanol–water partition coefficient (Wildman–Crippen LogP) is 2.41. The summed E-state index contributed by atoms with van der Waals surface area (Å²) in [6.45, 7) is 0. The topological polar surface area (TPSA) is 66.8 Å². The maximum Gasteiger partial charge on any atom is 0.335 e. The van der Waals surface area contributed by atoms with Crippen LogP contribution in [0.4, 0.5) is 0 Å². The molecule has 5 nitrogen and oxygen atoms in total. The van der Waals surface area contributed by atoms with Crippen LogP contribution in [0.25, 0.3) is 0 Å². The molecule has 0 aromatic heterocycles. The minimum Gasteiger partial charge on any atom is -0.478 e. The number of nitrogens with zero attached hydrogens (tertiary/aromatic N) is 1. The largest absolute Gasteiger partial charge is 0.478 e. The third-order valence-corrected chi connectivity index (χ3v) is 4.20. The zero-order valence-electron chi connectivity index (χ0n) is 12.4. The van der Waals surface area contributed by atoms with E-state index in [-0.39, 0.29) is 17.5 Å². The van der Waals surface area contributed by atoms with Crippen molar-refractivity contribution in [1.82, 2.24) is 4.90 Å². The van der Waals surface area contributed by atoms with Gasteiger partial charge in [-0.15, -0.1) is 0 Å². The second-order valence-corrected chi connectivity index (χ2v) is 5.47. The number of methoxy groups -OCH3 is 1. The first-order chi connectivity index (χ1) is 10.0. The molecular weight excluding hydrogens is 270 g/mol. The van der Waals surface area contributed by atoms with Crippen molar-refractivity contribution in [3.05, 3.63) is 35.4 Å². The normalized spacial score (nSPS) is 21.8. The van der Waals surface area contributed by atoms with Crippen molar-refractivity contribution in [2.24, 2.45) is 0 Å². The fraction of sp³-hybridized carbons (Fsp3) is 0.500. The van der Waals surface area contributed by atoms with E-state index in [1.165, 1.54) is 12.1 Å². The molecule has 0 heterocycles. The molecule has 1 fully saturated rings. The third-order valence-electron chi connectivity index (χ3n) is 4.20. The molecule has 1 saturated carbocycles. The van der Waals surface area contributed by atoms with Crippen molar-refractivity contribution in [3.63, 3.8) is 0 Å². The second-order valence-electron chi connectivity index (χ2n) is 5.47. The van der Waals surface area contributed by atoms with E-state index in [0.717, 1.165) is 25.7 Å². The average Bonchev–Trinajstić information content (AvgIpc) is 2.53. The Morgan fingerprint density at radius 1 is 1.19 bits per heavy atom. The van der Waals surface area contributed by atoms with Crippen LogP contribution in [0.5, 0.6) is 0 Å². The Morgan fingerprint density at radius 3 is 2.38 bits per heavy atom. The number of aromatic carboxylic acids is 1. The third kappa shape index (κ3) is 3.61. The molecule has 114 valence electrons. The Kier molecular flexibility index (Phi) is 4.96. The summed E-state index contributed by atoms with van der Waals surface area (Å²) in [6.07, 6.45) is 4.03. The summed E-state index contributed by atoms with van der Waals surface area (Å²) >= 11 is 0. The maximum atomic E-state index is 12.5. The smallest absolute Gasteiger partial charge is 0.335 e. The van der Waals surface area contributed by atoms with Gasteiger partial charge in [-0.3, -0.25) is 4.79 Å². The summed E-state index contributed by atoms with van der Waals surface area (Å²) < 4.78 is 5.34. The van der Waals surface area contributed by atoms with E-state index in [9.17, 15) is 9.59 Å². The van der Waals surface area contributed by atoms with Gasteiger partial charge in [0.05, 0.1) is 11.7 Å². The molecule has 1 N–H and O–H groups in total. The SMILES string of the molecule is COC1CCC(N(C)C(=O)c2cccc(C(=O)O)c2)CC1. The molecule has 21 heavy (non-hydrogen) atoms. The first-order valence-corrected chi connectivity index (χ1v) is 7.16. The van der Waals surface area contributed by atoms with E-state index < -0.39 is 5.97 Å². The fourth-order valence-electron chi connectivity index (χ4n) is 2.82. The highest BCUT2D eigenvalue weighted by Crippen LogP contribution is 2.25. The molecular formula is C16H21NO4. The summed E-state index contributed by atoms with van der Waals surface area (Å²) in [5, 5.41) is 9.00. The Balaban J connectivity index is 2.06. The van der Waals surface area contributed by atoms with E-state index in [2.05, 4.69) is 0 Å². The van der Waals surface area contributed by atoms with Crippen LogP contribution in [0.2, 0.25) is 0 Å². The Bertz CT molecular complexity index is 521. The molecule has 2 rings (SSSR count). The number of rotatable bonds is 4. The number of carboxylic acid groups (broad SMARTS) is 1. The van der Waals surface area contributed by atoms with Gasteiger partial charge in [0.15, 0.2) is 0 Å². The Morgan fingerprint density at radius 2 is 1.81 bits per heavy atom. The summed E-state index contributed by atoms with van der Waals surface area (Å²) in [5.74, 6) is -1.15. The van der Waals surface area contributed by atoms with Crippen LogP contribution in [0.15, 0.2) is 24.3 Å². The molecule has 0 unspecified atom stereocenters. The van der Waals surface area contributed by atoms with Gasteiger partial charge in [-0.2, -0.15) is 0 Å². The second kappa shape index (κ2) is 6.72. The lowest BCUT2D eigenvalue weighted by molar-refractivity contribution is 0.0386. The van der Waals surface area contributed by atoms with Gasteiger partial charge >= 0.3 is 5.97 Å². The first kappa shape index (κ1) is 15.5. The first-order valence-electron chi connectivity index (χ1n) is 7.16. The number of carbonyl (C=O) groups excluding carboxylic acids is 1. The van der Waals surface area contributed by atoms with Gasteiger partial charge in [-0.25, -0.2) is 4.79 Å². The summed E-state index contributed by atoms with van der Waals surface area (Å²) in [5.41, 5.74) is 0.559. The molecule has 1 amide bonds. The van der Waals surface area contributed by atoms with Gasteiger partial charge in [0.25, 0.3) is 5.91 Å². The molecule has 1 aliphatic carbocycles. The van der Waals surface area contributed by atoms with Gasteiger partial charge < -0.3 is 14.7 Å². The lowest BCUT2D eigenvalue weighted by atomic mass is 9.91. The van der Waals surface area contributed by atoms with E-state index >= 15 is 0 Å². The highest BCUT2D eigenvalue weighted by atomic mass is 16.5. The Labute approximate surface area is 124 Å². The lowest BCUT2D eigenvalue weighted by Crippen LogP contribution is -2.40. The van der Waals surface area contributed by atoms with Crippen molar-refractivity contribution in [2.45, 2.75) is 37.8 Å². The van der Waals surface area contributed by atoms with Crippen LogP contribution in [-0.4, -0.2) is 48.2 Å². The maximum absolute atomic E-state index is 12.5. The van der Waals surface area contributed by atoms with Gasteiger partial charge in [0, 0.05) is 25.8 Å². The summed E-state index contributed by atoms with van der Waals surface area (Å²) in [6, 6.07) is 6.38. The van der Waals surface area contributed by atoms with E-state index in [4.69, 9.17) is 9.84 Å². The summed E-state index contributed by atoms with van der Waals surface area (Å²) in [7, 11) is 3.50. The number of carbonyl (C=O) groups is 2. The van der Waals surface area contributed by atoms with Crippen molar-refractivity contribution in [2.75, 3.05) is 14.2 Å². The fourth-order valence-corrected chi connectivity index (χ4v) is 2.82. The molecule has 0 saturated heterocycles. The lowest BCUT2D eigenvalue weighted by Gasteiger charge is -2.34. The molecule has 1 aromatic carbocycles. The molecule has 5 heteroatoms. The minimum absolute atomic E-state index is 0.126. The molecule has 0 atom stereocenters. The minimum atomic E-state index is -1.02. The molecule has 0 spiro atoms. The van der Waals surface area contributed by atoms with Crippen molar-refractivity contribution >= 4 is 11.9 Å². The van der Waals surface area contributed by atoms with Gasteiger partial charge in [0.2, 0.25) is 0 Å². The number of benzene rings is 1.